The van der Waals surface area contributed by atoms with Crippen LogP contribution in [0.25, 0.3) is 21.9 Å². The van der Waals surface area contributed by atoms with E-state index in [-0.39, 0.29) is 0 Å². The summed E-state index contributed by atoms with van der Waals surface area (Å²) in [6.45, 7) is 1.02. The normalized spacial score (nSPS) is 14.0. The molecule has 4 rings (SSSR count). The third-order valence-corrected chi connectivity index (χ3v) is 4.36. The van der Waals surface area contributed by atoms with Gasteiger partial charge in [-0.1, -0.05) is 30.3 Å². The number of anilines is 2. The second-order valence-corrected chi connectivity index (χ2v) is 6.08. The van der Waals surface area contributed by atoms with Crippen molar-refractivity contribution < 1.29 is 0 Å². The molecule has 116 valence electrons. The van der Waals surface area contributed by atoms with Crippen molar-refractivity contribution in [1.82, 2.24) is 9.97 Å². The number of nitrogens with one attached hydrogen (secondary N) is 2. The second-order valence-electron chi connectivity index (χ2n) is 6.08. The maximum absolute atomic E-state index is 4.56. The molecule has 23 heavy (non-hydrogen) atoms. The van der Waals surface area contributed by atoms with E-state index in [0.29, 0.717) is 0 Å². The molecule has 1 saturated carbocycles. The Morgan fingerprint density at radius 3 is 2.61 bits per heavy atom. The van der Waals surface area contributed by atoms with Crippen LogP contribution in [0.3, 0.4) is 0 Å². The van der Waals surface area contributed by atoms with Crippen LogP contribution >= 0.6 is 0 Å². The highest BCUT2D eigenvalue weighted by Crippen LogP contribution is 2.33. The SMILES string of the molecule is CNc1ncc(-c2ccccc2)c2cc(NCC3CC3)ncc12. The molecule has 0 bridgehead atoms. The summed E-state index contributed by atoms with van der Waals surface area (Å²) < 4.78 is 0. The van der Waals surface area contributed by atoms with Crippen LogP contribution in [0.1, 0.15) is 12.8 Å². The van der Waals surface area contributed by atoms with Crippen LogP contribution < -0.4 is 10.6 Å². The molecule has 0 unspecified atom stereocenters. The summed E-state index contributed by atoms with van der Waals surface area (Å²) in [7, 11) is 1.89. The third-order valence-electron chi connectivity index (χ3n) is 4.36. The van der Waals surface area contributed by atoms with Gasteiger partial charge in [-0.3, -0.25) is 0 Å². The molecule has 0 saturated heterocycles. The summed E-state index contributed by atoms with van der Waals surface area (Å²) in [6, 6.07) is 12.5. The Labute approximate surface area is 136 Å². The quantitative estimate of drug-likeness (QED) is 0.743. The Kier molecular flexibility index (Phi) is 3.58. The number of pyridine rings is 2. The lowest BCUT2D eigenvalue weighted by molar-refractivity contribution is 0.883. The van der Waals surface area contributed by atoms with Crippen molar-refractivity contribution in [2.45, 2.75) is 12.8 Å². The summed E-state index contributed by atoms with van der Waals surface area (Å²) in [4.78, 5) is 9.10. The van der Waals surface area contributed by atoms with E-state index in [1.807, 2.05) is 25.5 Å². The predicted molar refractivity (Wildman–Crippen MR) is 95.7 cm³/mol. The maximum Gasteiger partial charge on any atom is 0.135 e. The van der Waals surface area contributed by atoms with E-state index in [2.05, 4.69) is 50.9 Å². The first-order chi connectivity index (χ1) is 11.3. The molecular weight excluding hydrogens is 284 g/mol. The van der Waals surface area contributed by atoms with E-state index in [4.69, 9.17) is 0 Å². The topological polar surface area (TPSA) is 49.8 Å². The van der Waals surface area contributed by atoms with E-state index < -0.39 is 0 Å². The molecule has 1 aliphatic rings. The Morgan fingerprint density at radius 1 is 1.04 bits per heavy atom. The average molecular weight is 304 g/mol. The van der Waals surface area contributed by atoms with Gasteiger partial charge in [-0.15, -0.1) is 0 Å². The number of rotatable bonds is 5. The Balaban J connectivity index is 1.82. The van der Waals surface area contributed by atoms with Gasteiger partial charge in [0.2, 0.25) is 0 Å². The fourth-order valence-corrected chi connectivity index (χ4v) is 2.85. The lowest BCUT2D eigenvalue weighted by Crippen LogP contribution is -2.05. The van der Waals surface area contributed by atoms with Crippen LogP contribution in [0.2, 0.25) is 0 Å². The predicted octanol–water partition coefficient (Wildman–Crippen LogP) is 4.16. The molecule has 3 aromatic rings. The van der Waals surface area contributed by atoms with Crippen LogP contribution in [0.5, 0.6) is 0 Å². The number of hydrogen-bond acceptors (Lipinski definition) is 4. The van der Waals surface area contributed by atoms with Gasteiger partial charge in [0, 0.05) is 36.9 Å². The van der Waals surface area contributed by atoms with Crippen molar-refractivity contribution in [1.29, 1.82) is 0 Å². The van der Waals surface area contributed by atoms with E-state index >= 15 is 0 Å². The van der Waals surface area contributed by atoms with Gasteiger partial charge in [-0.05, 0) is 35.8 Å². The second kappa shape index (κ2) is 5.88. The highest BCUT2D eigenvalue weighted by molar-refractivity contribution is 6.02. The molecule has 0 atom stereocenters. The minimum Gasteiger partial charge on any atom is -0.373 e. The van der Waals surface area contributed by atoms with Crippen molar-refractivity contribution >= 4 is 22.4 Å². The van der Waals surface area contributed by atoms with Gasteiger partial charge in [0.15, 0.2) is 0 Å². The van der Waals surface area contributed by atoms with Crippen molar-refractivity contribution in [3.8, 4) is 11.1 Å². The molecule has 4 nitrogen and oxygen atoms in total. The molecule has 0 aliphatic heterocycles. The number of hydrogen-bond donors (Lipinski definition) is 2. The molecule has 0 radical (unpaired) electrons. The molecular formula is C19H20N4. The molecule has 0 amide bonds. The van der Waals surface area contributed by atoms with Crippen molar-refractivity contribution in [2.75, 3.05) is 24.2 Å². The average Bonchev–Trinajstić information content (AvgIpc) is 3.44. The first-order valence-electron chi connectivity index (χ1n) is 8.11. The van der Waals surface area contributed by atoms with Crippen LogP contribution in [0.4, 0.5) is 11.6 Å². The Hall–Kier alpha value is -2.62. The Bertz CT molecular complexity index is 825. The monoisotopic (exact) mass is 304 g/mol. The maximum atomic E-state index is 4.56. The van der Waals surface area contributed by atoms with Crippen molar-refractivity contribution in [3.63, 3.8) is 0 Å². The molecule has 1 fully saturated rings. The highest BCUT2D eigenvalue weighted by Gasteiger charge is 2.21. The molecule has 2 aromatic heterocycles. The smallest absolute Gasteiger partial charge is 0.135 e. The first kappa shape index (κ1) is 14.0. The van der Waals surface area contributed by atoms with E-state index in [0.717, 1.165) is 35.0 Å². The molecule has 0 spiro atoms. The molecule has 1 aromatic carbocycles. The number of aromatic nitrogens is 2. The van der Waals surface area contributed by atoms with E-state index in [1.165, 1.54) is 23.8 Å². The molecule has 4 heteroatoms. The summed E-state index contributed by atoms with van der Waals surface area (Å²) in [6.07, 6.45) is 6.53. The molecule has 2 heterocycles. The van der Waals surface area contributed by atoms with Crippen molar-refractivity contribution in [2.24, 2.45) is 5.92 Å². The first-order valence-corrected chi connectivity index (χ1v) is 8.11. The van der Waals surface area contributed by atoms with Crippen molar-refractivity contribution in [3.05, 3.63) is 48.8 Å². The van der Waals surface area contributed by atoms with Gasteiger partial charge in [0.05, 0.1) is 0 Å². The zero-order chi connectivity index (χ0) is 15.6. The fraction of sp³-hybridized carbons (Fsp3) is 0.263. The lowest BCUT2D eigenvalue weighted by Gasteiger charge is -2.12. The highest BCUT2D eigenvalue weighted by atomic mass is 15.0. The summed E-state index contributed by atoms with van der Waals surface area (Å²) in [5, 5.41) is 8.84. The van der Waals surface area contributed by atoms with Gasteiger partial charge in [-0.2, -0.15) is 0 Å². The van der Waals surface area contributed by atoms with Crippen LogP contribution in [0, 0.1) is 5.92 Å². The summed E-state index contributed by atoms with van der Waals surface area (Å²) in [5.74, 6) is 2.63. The van der Waals surface area contributed by atoms with Gasteiger partial charge < -0.3 is 10.6 Å². The lowest BCUT2D eigenvalue weighted by atomic mass is 10.0. The molecule has 2 N–H and O–H groups in total. The van der Waals surface area contributed by atoms with Gasteiger partial charge in [0.1, 0.15) is 11.6 Å². The van der Waals surface area contributed by atoms with E-state index in [1.54, 1.807) is 0 Å². The third kappa shape index (κ3) is 2.84. The van der Waals surface area contributed by atoms with Gasteiger partial charge in [-0.25, -0.2) is 9.97 Å². The van der Waals surface area contributed by atoms with Crippen LogP contribution in [0.15, 0.2) is 48.8 Å². The number of benzene rings is 1. The summed E-state index contributed by atoms with van der Waals surface area (Å²) >= 11 is 0. The number of nitrogens with zero attached hydrogens (tertiary/aromatic N) is 2. The van der Waals surface area contributed by atoms with Crippen LogP contribution in [-0.4, -0.2) is 23.6 Å². The van der Waals surface area contributed by atoms with E-state index in [9.17, 15) is 0 Å². The van der Waals surface area contributed by atoms with Gasteiger partial charge >= 0.3 is 0 Å². The van der Waals surface area contributed by atoms with Gasteiger partial charge in [0.25, 0.3) is 0 Å². The zero-order valence-electron chi connectivity index (χ0n) is 13.2. The minimum absolute atomic E-state index is 0.825. The fourth-order valence-electron chi connectivity index (χ4n) is 2.85. The summed E-state index contributed by atoms with van der Waals surface area (Å²) in [5.41, 5.74) is 2.31. The standard InChI is InChI=1S/C19H20N4/c1-20-19-17-12-22-18(21-10-13-7-8-13)9-15(17)16(11-23-19)14-5-3-2-4-6-14/h2-6,9,11-13H,7-8,10H2,1H3,(H,20,23)(H,21,22). The Morgan fingerprint density at radius 2 is 1.87 bits per heavy atom. The number of fused-ring (bicyclic) bond motifs is 1. The zero-order valence-corrected chi connectivity index (χ0v) is 13.2. The minimum atomic E-state index is 0.825. The van der Waals surface area contributed by atoms with Crippen LogP contribution in [-0.2, 0) is 0 Å². The largest absolute Gasteiger partial charge is 0.373 e. The molecule has 1 aliphatic carbocycles.